The van der Waals surface area contributed by atoms with Crippen molar-refractivity contribution in [3.8, 4) is 11.5 Å². The summed E-state index contributed by atoms with van der Waals surface area (Å²) in [5.74, 6) is 1.50. The summed E-state index contributed by atoms with van der Waals surface area (Å²) in [6, 6.07) is 12.4. The molecule has 9 nitrogen and oxygen atoms in total. The number of imidazole rings is 1. The van der Waals surface area contributed by atoms with E-state index in [-0.39, 0.29) is 35.9 Å². The summed E-state index contributed by atoms with van der Waals surface area (Å²) >= 11 is 0. The second-order valence-electron chi connectivity index (χ2n) is 8.92. The van der Waals surface area contributed by atoms with E-state index in [2.05, 4.69) is 16.8 Å². The average molecular weight is 499 g/mol. The van der Waals surface area contributed by atoms with E-state index in [9.17, 15) is 13.2 Å². The molecule has 1 fully saturated rings. The first-order valence-corrected chi connectivity index (χ1v) is 13.5. The molecule has 1 N–H and O–H groups in total. The summed E-state index contributed by atoms with van der Waals surface area (Å²) in [5.41, 5.74) is 1.95. The van der Waals surface area contributed by atoms with E-state index in [1.165, 1.54) is 10.4 Å². The molecule has 3 heterocycles. The van der Waals surface area contributed by atoms with Gasteiger partial charge < -0.3 is 19.4 Å². The van der Waals surface area contributed by atoms with Crippen molar-refractivity contribution in [1.82, 2.24) is 19.2 Å². The van der Waals surface area contributed by atoms with Crippen LogP contribution < -0.4 is 14.8 Å². The van der Waals surface area contributed by atoms with Crippen LogP contribution >= 0.6 is 0 Å². The molecule has 2 aromatic carbocycles. The second kappa shape index (κ2) is 9.50. The summed E-state index contributed by atoms with van der Waals surface area (Å²) in [5, 5.41) is 3.10. The molecule has 186 valence electrons. The predicted molar refractivity (Wildman–Crippen MR) is 131 cm³/mol. The monoisotopic (exact) mass is 498 g/mol. The number of para-hydroxylation sites is 2. The van der Waals surface area contributed by atoms with Gasteiger partial charge in [-0.1, -0.05) is 12.1 Å². The van der Waals surface area contributed by atoms with Crippen molar-refractivity contribution in [1.29, 1.82) is 0 Å². The second-order valence-corrected chi connectivity index (χ2v) is 10.9. The van der Waals surface area contributed by atoms with E-state index < -0.39 is 10.0 Å². The van der Waals surface area contributed by atoms with Crippen molar-refractivity contribution < 1.29 is 22.7 Å². The first kappa shape index (κ1) is 23.6. The minimum absolute atomic E-state index is 0.0661. The van der Waals surface area contributed by atoms with Crippen LogP contribution in [0.4, 0.5) is 0 Å². The zero-order valence-corrected chi connectivity index (χ0v) is 20.8. The number of ether oxygens (including phenoxy) is 2. The van der Waals surface area contributed by atoms with Gasteiger partial charge in [0.1, 0.15) is 19.0 Å². The zero-order valence-electron chi connectivity index (χ0n) is 19.9. The minimum atomic E-state index is -3.68. The first-order chi connectivity index (χ1) is 16.9. The molecule has 1 atom stereocenters. The van der Waals surface area contributed by atoms with Gasteiger partial charge in [0, 0.05) is 31.6 Å². The summed E-state index contributed by atoms with van der Waals surface area (Å²) in [6.45, 7) is 6.17. The maximum Gasteiger partial charge on any atom is 0.243 e. The molecule has 35 heavy (non-hydrogen) atoms. The number of hydrogen-bond donors (Lipinski definition) is 1. The van der Waals surface area contributed by atoms with Crippen LogP contribution in [0.15, 0.2) is 47.4 Å². The highest BCUT2D eigenvalue weighted by molar-refractivity contribution is 7.89. The van der Waals surface area contributed by atoms with Crippen molar-refractivity contribution >= 4 is 27.0 Å². The maximum absolute atomic E-state index is 13.2. The van der Waals surface area contributed by atoms with Gasteiger partial charge in [-0.25, -0.2) is 13.4 Å². The zero-order chi connectivity index (χ0) is 24.6. The lowest BCUT2D eigenvalue weighted by atomic mass is 9.97. The Balaban J connectivity index is 1.23. The number of rotatable bonds is 6. The maximum atomic E-state index is 13.2. The van der Waals surface area contributed by atoms with Crippen LogP contribution in [0.2, 0.25) is 0 Å². The summed E-state index contributed by atoms with van der Waals surface area (Å²) < 4.78 is 41.0. The molecule has 0 spiro atoms. The summed E-state index contributed by atoms with van der Waals surface area (Å²) in [6.07, 6.45) is 0.930. The normalized spacial score (nSPS) is 17.9. The van der Waals surface area contributed by atoms with Crippen molar-refractivity contribution in [2.24, 2.45) is 5.92 Å². The van der Waals surface area contributed by atoms with Crippen LogP contribution in [0.25, 0.3) is 11.0 Å². The number of nitrogens with zero attached hydrogens (tertiary/aromatic N) is 3. The first-order valence-electron chi connectivity index (χ1n) is 12.0. The molecule has 1 unspecified atom stereocenters. The number of fused-ring (bicyclic) bond motifs is 2. The van der Waals surface area contributed by atoms with Crippen LogP contribution in [0.3, 0.4) is 0 Å². The van der Waals surface area contributed by atoms with Gasteiger partial charge in [-0.2, -0.15) is 4.31 Å². The number of nitrogens with one attached hydrogen (secondary N) is 1. The lowest BCUT2D eigenvalue weighted by molar-refractivity contribution is -0.126. The summed E-state index contributed by atoms with van der Waals surface area (Å²) in [7, 11) is -3.68. The Morgan fingerprint density at radius 1 is 1.11 bits per heavy atom. The molecular formula is C25H30N4O5S. The fourth-order valence-corrected chi connectivity index (χ4v) is 6.33. The van der Waals surface area contributed by atoms with E-state index in [4.69, 9.17) is 14.5 Å². The van der Waals surface area contributed by atoms with Crippen LogP contribution in [-0.2, 0) is 21.4 Å². The lowest BCUT2D eigenvalue weighted by Crippen LogP contribution is -2.43. The van der Waals surface area contributed by atoms with Gasteiger partial charge in [-0.05, 0) is 51.0 Å². The standard InChI is InChI=1S/C25H30N4O5S/c1-3-29-21-7-5-4-6-20(21)27-24(29)17(2)26-25(30)18-10-12-28(13-11-18)35(31,32)19-8-9-22-23(16-19)34-15-14-33-22/h4-9,16-18H,3,10-15H2,1-2H3,(H,26,30). The molecule has 0 saturated carbocycles. The molecular weight excluding hydrogens is 468 g/mol. The number of sulfonamides is 1. The van der Waals surface area contributed by atoms with Crippen molar-refractivity contribution in [3.63, 3.8) is 0 Å². The molecule has 2 aliphatic rings. The van der Waals surface area contributed by atoms with Gasteiger partial charge in [-0.3, -0.25) is 4.79 Å². The number of hydrogen-bond acceptors (Lipinski definition) is 6. The molecule has 1 amide bonds. The third kappa shape index (κ3) is 4.48. The smallest absolute Gasteiger partial charge is 0.243 e. The number of carbonyl (C=O) groups is 1. The highest BCUT2D eigenvalue weighted by atomic mass is 32.2. The van der Waals surface area contributed by atoms with Gasteiger partial charge >= 0.3 is 0 Å². The number of benzene rings is 2. The Morgan fingerprint density at radius 2 is 1.83 bits per heavy atom. The van der Waals surface area contributed by atoms with Crippen LogP contribution in [0, 0.1) is 5.92 Å². The lowest BCUT2D eigenvalue weighted by Gasteiger charge is -2.31. The van der Waals surface area contributed by atoms with Gasteiger partial charge in [-0.15, -0.1) is 0 Å². The van der Waals surface area contributed by atoms with E-state index in [0.717, 1.165) is 23.4 Å². The Morgan fingerprint density at radius 3 is 2.57 bits per heavy atom. The van der Waals surface area contributed by atoms with Gasteiger partial charge in [0.15, 0.2) is 11.5 Å². The van der Waals surface area contributed by atoms with Crippen molar-refractivity contribution in [3.05, 3.63) is 48.3 Å². The number of piperidine rings is 1. The number of carbonyl (C=O) groups excluding carboxylic acids is 1. The predicted octanol–water partition coefficient (Wildman–Crippen LogP) is 3.11. The van der Waals surface area contributed by atoms with E-state index in [1.807, 2.05) is 31.2 Å². The average Bonchev–Trinajstić information content (AvgIpc) is 3.27. The SMILES string of the molecule is CCn1c(C(C)NC(=O)C2CCN(S(=O)(=O)c3ccc4c(c3)OCCO4)CC2)nc2ccccc21. The highest BCUT2D eigenvalue weighted by Gasteiger charge is 2.33. The van der Waals surface area contributed by atoms with Crippen LogP contribution in [-0.4, -0.2) is 54.5 Å². The Bertz CT molecular complexity index is 1350. The molecule has 5 rings (SSSR count). The molecule has 10 heteroatoms. The third-order valence-electron chi connectivity index (χ3n) is 6.72. The van der Waals surface area contributed by atoms with E-state index >= 15 is 0 Å². The number of aryl methyl sites for hydroxylation is 1. The quantitative estimate of drug-likeness (QED) is 0.560. The van der Waals surface area contributed by atoms with Gasteiger partial charge in [0.05, 0.1) is 22.0 Å². The number of aromatic nitrogens is 2. The fourth-order valence-electron chi connectivity index (χ4n) is 4.84. The van der Waals surface area contributed by atoms with E-state index in [0.29, 0.717) is 37.6 Å². The van der Waals surface area contributed by atoms with Gasteiger partial charge in [0.2, 0.25) is 15.9 Å². The third-order valence-corrected chi connectivity index (χ3v) is 8.62. The molecule has 0 radical (unpaired) electrons. The van der Waals surface area contributed by atoms with Crippen molar-refractivity contribution in [2.45, 2.75) is 44.2 Å². The Kier molecular flexibility index (Phi) is 6.41. The van der Waals surface area contributed by atoms with Crippen LogP contribution in [0.1, 0.15) is 38.6 Å². The largest absolute Gasteiger partial charge is 0.486 e. The molecule has 2 aliphatic heterocycles. The highest BCUT2D eigenvalue weighted by Crippen LogP contribution is 2.34. The Hall–Kier alpha value is -3.11. The topological polar surface area (TPSA) is 103 Å². The fraction of sp³-hybridized carbons (Fsp3) is 0.440. The molecule has 3 aromatic rings. The van der Waals surface area contributed by atoms with Crippen LogP contribution in [0.5, 0.6) is 11.5 Å². The molecule has 0 bridgehead atoms. The summed E-state index contributed by atoms with van der Waals surface area (Å²) in [4.78, 5) is 17.9. The molecule has 1 aromatic heterocycles. The molecule has 0 aliphatic carbocycles. The van der Waals surface area contributed by atoms with Gasteiger partial charge in [0.25, 0.3) is 0 Å². The van der Waals surface area contributed by atoms with E-state index in [1.54, 1.807) is 12.1 Å². The molecule has 1 saturated heterocycles. The minimum Gasteiger partial charge on any atom is -0.486 e. The van der Waals surface area contributed by atoms with Crippen molar-refractivity contribution in [2.75, 3.05) is 26.3 Å². The number of amides is 1. The Labute approximate surface area is 205 Å².